The first-order valence-corrected chi connectivity index (χ1v) is 4.74. The molecular weight excluding hydrogens is 193 g/mol. The molecule has 0 spiro atoms. The third kappa shape index (κ3) is 2.05. The van der Waals surface area contributed by atoms with E-state index in [0.717, 1.165) is 16.8 Å². The van der Waals surface area contributed by atoms with E-state index >= 15 is 0 Å². The fourth-order valence-electron chi connectivity index (χ4n) is 1.53. The van der Waals surface area contributed by atoms with Gasteiger partial charge in [0.05, 0.1) is 11.9 Å². The molecule has 0 aliphatic rings. The number of nitrogens with one attached hydrogen (secondary N) is 2. The Kier molecular flexibility index (Phi) is 2.78. The zero-order valence-electron chi connectivity index (χ0n) is 8.42. The van der Waals surface area contributed by atoms with Gasteiger partial charge in [-0.3, -0.25) is 5.10 Å². The Morgan fingerprint density at radius 3 is 3.07 bits per heavy atom. The van der Waals surface area contributed by atoms with Crippen LogP contribution in [0.3, 0.4) is 0 Å². The van der Waals surface area contributed by atoms with Crippen LogP contribution in [0.5, 0.6) is 0 Å². The first kappa shape index (κ1) is 9.86. The van der Waals surface area contributed by atoms with E-state index in [1.54, 1.807) is 12.3 Å². The topological polar surface area (TPSA) is 40.7 Å². The van der Waals surface area contributed by atoms with E-state index in [0.29, 0.717) is 6.54 Å². The predicted molar refractivity (Wildman–Crippen MR) is 56.7 cm³/mol. The summed E-state index contributed by atoms with van der Waals surface area (Å²) in [7, 11) is 1.86. The van der Waals surface area contributed by atoms with Crippen molar-refractivity contribution >= 4 is 0 Å². The van der Waals surface area contributed by atoms with E-state index in [2.05, 4.69) is 15.5 Å². The van der Waals surface area contributed by atoms with Crippen molar-refractivity contribution < 1.29 is 4.39 Å². The van der Waals surface area contributed by atoms with Crippen molar-refractivity contribution in [3.05, 3.63) is 41.8 Å². The molecule has 0 saturated carbocycles. The lowest BCUT2D eigenvalue weighted by molar-refractivity contribution is 0.628. The molecule has 0 aliphatic heterocycles. The molecule has 3 nitrogen and oxygen atoms in total. The molecule has 0 atom stereocenters. The second kappa shape index (κ2) is 4.23. The Morgan fingerprint density at radius 2 is 2.33 bits per heavy atom. The Bertz CT molecular complexity index is 451. The van der Waals surface area contributed by atoms with E-state index in [1.165, 1.54) is 12.1 Å². The lowest BCUT2D eigenvalue weighted by Gasteiger charge is -2.02. The van der Waals surface area contributed by atoms with Crippen LogP contribution in [0.2, 0.25) is 0 Å². The van der Waals surface area contributed by atoms with Crippen LogP contribution in [0.4, 0.5) is 4.39 Å². The first-order valence-electron chi connectivity index (χ1n) is 4.74. The summed E-state index contributed by atoms with van der Waals surface area (Å²) in [5.74, 6) is -0.238. The van der Waals surface area contributed by atoms with E-state index in [1.807, 2.05) is 13.1 Å². The Labute approximate surface area is 87.3 Å². The molecule has 1 heterocycles. The number of benzene rings is 1. The summed E-state index contributed by atoms with van der Waals surface area (Å²) in [6, 6.07) is 6.47. The minimum Gasteiger partial charge on any atom is -0.316 e. The average molecular weight is 205 g/mol. The van der Waals surface area contributed by atoms with Gasteiger partial charge in [0, 0.05) is 17.7 Å². The fourth-order valence-corrected chi connectivity index (χ4v) is 1.53. The van der Waals surface area contributed by atoms with Gasteiger partial charge in [0.2, 0.25) is 0 Å². The third-order valence-electron chi connectivity index (χ3n) is 2.20. The SMILES string of the molecule is CNCc1cn[nH]c1-c1cccc(F)c1. The Hall–Kier alpha value is -1.68. The lowest BCUT2D eigenvalue weighted by atomic mass is 10.1. The van der Waals surface area contributed by atoms with E-state index in [9.17, 15) is 4.39 Å². The summed E-state index contributed by atoms with van der Waals surface area (Å²) in [5, 5.41) is 9.88. The van der Waals surface area contributed by atoms with Gasteiger partial charge in [-0.1, -0.05) is 12.1 Å². The van der Waals surface area contributed by atoms with Gasteiger partial charge in [0.25, 0.3) is 0 Å². The van der Waals surface area contributed by atoms with E-state index < -0.39 is 0 Å². The molecule has 0 aliphatic carbocycles. The predicted octanol–water partition coefficient (Wildman–Crippen LogP) is 1.94. The van der Waals surface area contributed by atoms with Crippen molar-refractivity contribution in [2.24, 2.45) is 0 Å². The molecule has 0 saturated heterocycles. The molecule has 2 aromatic rings. The number of rotatable bonds is 3. The number of aromatic amines is 1. The maximum Gasteiger partial charge on any atom is 0.123 e. The van der Waals surface area contributed by atoms with Crippen molar-refractivity contribution in [1.29, 1.82) is 0 Å². The minimum absolute atomic E-state index is 0.238. The van der Waals surface area contributed by atoms with Gasteiger partial charge in [-0.05, 0) is 19.2 Å². The normalized spacial score (nSPS) is 10.5. The molecule has 0 unspecified atom stereocenters. The molecule has 4 heteroatoms. The highest BCUT2D eigenvalue weighted by Crippen LogP contribution is 2.21. The zero-order valence-corrected chi connectivity index (χ0v) is 8.42. The Morgan fingerprint density at radius 1 is 1.47 bits per heavy atom. The number of nitrogens with zero attached hydrogens (tertiary/aromatic N) is 1. The molecular formula is C11H12FN3. The fraction of sp³-hybridized carbons (Fsp3) is 0.182. The quantitative estimate of drug-likeness (QED) is 0.803. The largest absolute Gasteiger partial charge is 0.316 e. The molecule has 0 fully saturated rings. The molecule has 15 heavy (non-hydrogen) atoms. The van der Waals surface area contributed by atoms with E-state index in [4.69, 9.17) is 0 Å². The van der Waals surface area contributed by atoms with Crippen molar-refractivity contribution in [2.45, 2.75) is 6.54 Å². The number of aromatic nitrogens is 2. The molecule has 0 amide bonds. The number of hydrogen-bond acceptors (Lipinski definition) is 2. The number of halogens is 1. The van der Waals surface area contributed by atoms with Crippen LogP contribution in [-0.4, -0.2) is 17.2 Å². The monoisotopic (exact) mass is 205 g/mol. The zero-order chi connectivity index (χ0) is 10.7. The van der Waals surface area contributed by atoms with Gasteiger partial charge < -0.3 is 5.32 Å². The van der Waals surface area contributed by atoms with Crippen molar-refractivity contribution in [2.75, 3.05) is 7.05 Å². The molecule has 1 aromatic carbocycles. The average Bonchev–Trinajstić information content (AvgIpc) is 2.66. The summed E-state index contributed by atoms with van der Waals surface area (Å²) in [6.07, 6.45) is 1.75. The first-order chi connectivity index (χ1) is 7.31. The summed E-state index contributed by atoms with van der Waals surface area (Å²) in [6.45, 7) is 0.711. The van der Waals surface area contributed by atoms with Crippen LogP contribution in [0, 0.1) is 5.82 Å². The molecule has 0 radical (unpaired) electrons. The van der Waals surface area contributed by atoms with Crippen LogP contribution in [0.1, 0.15) is 5.56 Å². The second-order valence-corrected chi connectivity index (χ2v) is 3.31. The highest BCUT2D eigenvalue weighted by atomic mass is 19.1. The smallest absolute Gasteiger partial charge is 0.123 e. The molecule has 2 N–H and O–H groups in total. The summed E-state index contributed by atoms with van der Waals surface area (Å²) in [5.41, 5.74) is 2.71. The summed E-state index contributed by atoms with van der Waals surface area (Å²) in [4.78, 5) is 0. The highest BCUT2D eigenvalue weighted by Gasteiger charge is 2.06. The van der Waals surface area contributed by atoms with Crippen molar-refractivity contribution in [1.82, 2.24) is 15.5 Å². The highest BCUT2D eigenvalue weighted by molar-refractivity contribution is 5.62. The summed E-state index contributed by atoms with van der Waals surface area (Å²) < 4.78 is 13.0. The van der Waals surface area contributed by atoms with Gasteiger partial charge in [0.15, 0.2) is 0 Å². The maximum atomic E-state index is 13.0. The number of H-pyrrole nitrogens is 1. The van der Waals surface area contributed by atoms with E-state index in [-0.39, 0.29) is 5.82 Å². The standard InChI is InChI=1S/C11H12FN3/c1-13-6-9-7-14-15-11(9)8-3-2-4-10(12)5-8/h2-5,7,13H,6H2,1H3,(H,14,15). The summed E-state index contributed by atoms with van der Waals surface area (Å²) >= 11 is 0. The second-order valence-electron chi connectivity index (χ2n) is 3.31. The third-order valence-corrected chi connectivity index (χ3v) is 2.20. The Balaban J connectivity index is 2.40. The van der Waals surface area contributed by atoms with Crippen LogP contribution >= 0.6 is 0 Å². The van der Waals surface area contributed by atoms with Gasteiger partial charge in [-0.2, -0.15) is 5.10 Å². The van der Waals surface area contributed by atoms with Gasteiger partial charge in [-0.25, -0.2) is 4.39 Å². The van der Waals surface area contributed by atoms with Gasteiger partial charge >= 0.3 is 0 Å². The lowest BCUT2D eigenvalue weighted by Crippen LogP contribution is -2.05. The molecule has 1 aromatic heterocycles. The van der Waals surface area contributed by atoms with Crippen LogP contribution in [0.15, 0.2) is 30.5 Å². The van der Waals surface area contributed by atoms with Gasteiger partial charge in [-0.15, -0.1) is 0 Å². The van der Waals surface area contributed by atoms with Crippen LogP contribution in [-0.2, 0) is 6.54 Å². The van der Waals surface area contributed by atoms with Crippen molar-refractivity contribution in [3.63, 3.8) is 0 Å². The maximum absolute atomic E-state index is 13.0. The molecule has 78 valence electrons. The van der Waals surface area contributed by atoms with Crippen molar-refractivity contribution in [3.8, 4) is 11.3 Å². The minimum atomic E-state index is -0.238. The molecule has 2 rings (SSSR count). The van der Waals surface area contributed by atoms with Crippen LogP contribution in [0.25, 0.3) is 11.3 Å². The van der Waals surface area contributed by atoms with Gasteiger partial charge in [0.1, 0.15) is 5.82 Å². The van der Waals surface area contributed by atoms with Crippen LogP contribution < -0.4 is 5.32 Å². The number of hydrogen-bond donors (Lipinski definition) is 2. The molecule has 0 bridgehead atoms.